The summed E-state index contributed by atoms with van der Waals surface area (Å²) in [6.07, 6.45) is 5.32. The van der Waals surface area contributed by atoms with Gasteiger partial charge in [0.1, 0.15) is 0 Å². The Morgan fingerprint density at radius 2 is 2.24 bits per heavy atom. The second-order valence-corrected chi connectivity index (χ2v) is 7.29. The molecule has 1 aliphatic heterocycles. The first-order chi connectivity index (χ1) is 12.3. The van der Waals surface area contributed by atoms with Crippen molar-refractivity contribution < 1.29 is 9.13 Å². The van der Waals surface area contributed by atoms with E-state index in [1.165, 1.54) is 16.6 Å². The summed E-state index contributed by atoms with van der Waals surface area (Å²) in [6.45, 7) is 3.87. The van der Waals surface area contributed by atoms with E-state index in [9.17, 15) is 4.39 Å². The lowest BCUT2D eigenvalue weighted by atomic mass is 10.1. The second-order valence-electron chi connectivity index (χ2n) is 6.25. The van der Waals surface area contributed by atoms with Gasteiger partial charge in [-0.2, -0.15) is 0 Å². The quantitative estimate of drug-likeness (QED) is 0.703. The molecule has 130 valence electrons. The predicted octanol–water partition coefficient (Wildman–Crippen LogP) is 3.19. The van der Waals surface area contributed by atoms with Gasteiger partial charge in [0.2, 0.25) is 5.88 Å². The fraction of sp³-hybridized carbons (Fsp3) is 0.333. The highest BCUT2D eigenvalue weighted by Gasteiger charge is 2.23. The Morgan fingerprint density at radius 1 is 1.28 bits per heavy atom. The lowest BCUT2D eigenvalue weighted by Gasteiger charge is -2.23. The molecule has 0 saturated heterocycles. The Hall–Kier alpha value is -2.25. The predicted molar refractivity (Wildman–Crippen MR) is 93.8 cm³/mol. The topological polar surface area (TPSA) is 43.2 Å². The number of pyridine rings is 1. The fourth-order valence-electron chi connectivity index (χ4n) is 3.16. The van der Waals surface area contributed by atoms with Crippen LogP contribution >= 0.6 is 11.3 Å². The summed E-state index contributed by atoms with van der Waals surface area (Å²) in [5.74, 6) is -0.117. The zero-order valence-electron chi connectivity index (χ0n) is 13.7. The third-order valence-electron chi connectivity index (χ3n) is 4.30. The number of halogens is 1. The molecule has 3 aromatic heterocycles. The summed E-state index contributed by atoms with van der Waals surface area (Å²) < 4.78 is 21.6. The minimum Gasteiger partial charge on any atom is -0.475 e. The van der Waals surface area contributed by atoms with Gasteiger partial charge in [0.25, 0.3) is 0 Å². The van der Waals surface area contributed by atoms with Gasteiger partial charge in [-0.15, -0.1) is 11.3 Å². The van der Waals surface area contributed by atoms with Gasteiger partial charge < -0.3 is 9.30 Å². The van der Waals surface area contributed by atoms with Crippen LogP contribution in [-0.4, -0.2) is 32.6 Å². The molecule has 0 fully saturated rings. The number of nitrogens with zero attached hydrogens (tertiary/aromatic N) is 4. The number of thiophene rings is 1. The van der Waals surface area contributed by atoms with E-state index in [2.05, 4.69) is 36.9 Å². The van der Waals surface area contributed by atoms with Gasteiger partial charge in [-0.3, -0.25) is 4.90 Å². The molecule has 4 rings (SSSR count). The molecule has 1 unspecified atom stereocenters. The molecule has 3 aromatic rings. The van der Waals surface area contributed by atoms with Crippen LogP contribution in [0.4, 0.5) is 4.39 Å². The van der Waals surface area contributed by atoms with E-state index in [1.807, 2.05) is 12.5 Å². The van der Waals surface area contributed by atoms with Crippen LogP contribution < -0.4 is 4.74 Å². The summed E-state index contributed by atoms with van der Waals surface area (Å²) in [6, 6.07) is 7.16. The first-order valence-electron chi connectivity index (χ1n) is 8.25. The lowest BCUT2D eigenvalue weighted by Crippen LogP contribution is -2.30. The molecule has 0 aliphatic carbocycles. The highest BCUT2D eigenvalue weighted by Crippen LogP contribution is 2.21. The van der Waals surface area contributed by atoms with Crippen LogP contribution in [0.3, 0.4) is 0 Å². The van der Waals surface area contributed by atoms with Gasteiger partial charge >= 0.3 is 0 Å². The molecule has 0 aromatic carbocycles. The van der Waals surface area contributed by atoms with E-state index in [1.54, 1.807) is 23.6 Å². The van der Waals surface area contributed by atoms with Crippen molar-refractivity contribution >= 4 is 11.3 Å². The van der Waals surface area contributed by atoms with Crippen molar-refractivity contribution in [2.24, 2.45) is 5.92 Å². The summed E-state index contributed by atoms with van der Waals surface area (Å²) in [5, 5.41) is 2.10. The summed E-state index contributed by atoms with van der Waals surface area (Å²) >= 11 is 1.77. The van der Waals surface area contributed by atoms with Crippen molar-refractivity contribution in [3.63, 3.8) is 0 Å². The van der Waals surface area contributed by atoms with Crippen LogP contribution in [0.2, 0.25) is 0 Å². The lowest BCUT2D eigenvalue weighted by molar-refractivity contribution is 0.161. The molecule has 5 nitrogen and oxygen atoms in total. The Kier molecular flexibility index (Phi) is 4.76. The maximum absolute atomic E-state index is 13.7. The Bertz CT molecular complexity index is 820. The molecule has 0 N–H and O–H groups in total. The van der Waals surface area contributed by atoms with Crippen molar-refractivity contribution in [1.82, 2.24) is 19.4 Å². The highest BCUT2D eigenvalue weighted by atomic mass is 32.1. The van der Waals surface area contributed by atoms with Crippen LogP contribution in [-0.2, 0) is 19.6 Å². The zero-order valence-corrected chi connectivity index (χ0v) is 14.5. The van der Waals surface area contributed by atoms with Crippen molar-refractivity contribution in [1.29, 1.82) is 0 Å². The number of rotatable bonds is 5. The van der Waals surface area contributed by atoms with Crippen molar-refractivity contribution in [3.8, 4) is 5.88 Å². The molecule has 0 amide bonds. The van der Waals surface area contributed by atoms with Crippen LogP contribution in [0.5, 0.6) is 5.88 Å². The van der Waals surface area contributed by atoms with E-state index in [4.69, 9.17) is 4.74 Å². The number of ether oxygens (including phenoxy) is 1. The molecular formula is C18H19FN4OS. The van der Waals surface area contributed by atoms with E-state index in [0.717, 1.165) is 26.2 Å². The first kappa shape index (κ1) is 16.2. The first-order valence-corrected chi connectivity index (χ1v) is 9.13. The highest BCUT2D eigenvalue weighted by molar-refractivity contribution is 7.09. The largest absolute Gasteiger partial charge is 0.475 e. The summed E-state index contributed by atoms with van der Waals surface area (Å²) in [4.78, 5) is 12.0. The SMILES string of the molecule is Fc1cccnc1OCC1CN(Cc2cccs2)Cc2cncn2C1. The maximum Gasteiger partial charge on any atom is 0.250 e. The van der Waals surface area contributed by atoms with E-state index >= 15 is 0 Å². The standard InChI is InChI=1S/C18H19FN4OS/c19-17-4-1-5-21-18(17)24-12-14-8-22(11-16-3-2-6-25-16)10-15-7-20-13-23(15)9-14/h1-7,13-14H,8-12H2. The molecular weight excluding hydrogens is 339 g/mol. The van der Waals surface area contributed by atoms with Crippen molar-refractivity contribution in [2.45, 2.75) is 19.6 Å². The normalized spacial score (nSPS) is 17.9. The molecule has 0 saturated carbocycles. The van der Waals surface area contributed by atoms with Gasteiger partial charge in [0.05, 0.1) is 18.6 Å². The van der Waals surface area contributed by atoms with E-state index in [0.29, 0.717) is 6.61 Å². The fourth-order valence-corrected chi connectivity index (χ4v) is 3.91. The van der Waals surface area contributed by atoms with Crippen LogP contribution in [0.25, 0.3) is 0 Å². The number of hydrogen-bond donors (Lipinski definition) is 0. The minimum absolute atomic E-state index is 0.0717. The molecule has 0 radical (unpaired) electrons. The number of imidazole rings is 1. The van der Waals surface area contributed by atoms with Crippen LogP contribution in [0.1, 0.15) is 10.6 Å². The monoisotopic (exact) mass is 358 g/mol. The second kappa shape index (κ2) is 7.33. The molecule has 4 heterocycles. The van der Waals surface area contributed by atoms with Crippen LogP contribution in [0.15, 0.2) is 48.4 Å². The van der Waals surface area contributed by atoms with Crippen molar-refractivity contribution in [3.05, 3.63) is 64.8 Å². The molecule has 7 heteroatoms. The Labute approximate surface area is 149 Å². The Morgan fingerprint density at radius 3 is 3.08 bits per heavy atom. The number of fused-ring (bicyclic) bond motifs is 1. The molecule has 1 aliphatic rings. The van der Waals surface area contributed by atoms with E-state index < -0.39 is 5.82 Å². The Balaban J connectivity index is 1.47. The molecule has 0 bridgehead atoms. The van der Waals surface area contributed by atoms with E-state index in [-0.39, 0.29) is 11.8 Å². The van der Waals surface area contributed by atoms with Gasteiger partial charge in [0, 0.05) is 49.4 Å². The van der Waals surface area contributed by atoms with Gasteiger partial charge in [-0.1, -0.05) is 6.07 Å². The van der Waals surface area contributed by atoms with Gasteiger partial charge in [-0.25, -0.2) is 14.4 Å². The maximum atomic E-state index is 13.7. The van der Waals surface area contributed by atoms with Crippen molar-refractivity contribution in [2.75, 3.05) is 13.2 Å². The summed E-state index contributed by atoms with van der Waals surface area (Å²) in [5.41, 5.74) is 1.20. The number of hydrogen-bond acceptors (Lipinski definition) is 5. The third kappa shape index (κ3) is 3.88. The minimum atomic E-state index is -0.421. The average Bonchev–Trinajstić information content (AvgIpc) is 3.23. The summed E-state index contributed by atoms with van der Waals surface area (Å²) in [7, 11) is 0. The van der Waals surface area contributed by atoms with Gasteiger partial charge in [-0.05, 0) is 23.6 Å². The smallest absolute Gasteiger partial charge is 0.250 e. The van der Waals surface area contributed by atoms with Crippen LogP contribution in [0, 0.1) is 11.7 Å². The number of aromatic nitrogens is 3. The third-order valence-corrected chi connectivity index (χ3v) is 5.16. The van der Waals surface area contributed by atoms with Gasteiger partial charge in [0.15, 0.2) is 5.82 Å². The zero-order chi connectivity index (χ0) is 17.1. The molecule has 0 spiro atoms. The average molecular weight is 358 g/mol. The molecule has 25 heavy (non-hydrogen) atoms. The molecule has 1 atom stereocenters.